The van der Waals surface area contributed by atoms with Gasteiger partial charge in [-0.2, -0.15) is 5.26 Å². The SMILES string of the molecule is COc1cccc(C(=O)CSc2nc3ccc(C(C)C)cc3cc2C#N)c1. The number of benzene rings is 2. The van der Waals surface area contributed by atoms with E-state index in [1.54, 1.807) is 31.4 Å². The molecule has 1 heterocycles. The molecule has 136 valence electrons. The maximum Gasteiger partial charge on any atom is 0.173 e. The molecule has 0 spiro atoms. The van der Waals surface area contributed by atoms with E-state index in [-0.39, 0.29) is 11.5 Å². The number of carbonyl (C=O) groups excluding carboxylic acids is 1. The van der Waals surface area contributed by atoms with Crippen molar-refractivity contribution in [2.24, 2.45) is 0 Å². The van der Waals surface area contributed by atoms with E-state index >= 15 is 0 Å². The molecule has 3 aromatic rings. The van der Waals surface area contributed by atoms with Gasteiger partial charge in [0, 0.05) is 10.9 Å². The Morgan fingerprint density at radius 1 is 1.22 bits per heavy atom. The second kappa shape index (κ2) is 8.24. The highest BCUT2D eigenvalue weighted by Gasteiger charge is 2.13. The normalized spacial score (nSPS) is 10.8. The fourth-order valence-electron chi connectivity index (χ4n) is 2.74. The number of aromatic nitrogens is 1. The van der Waals surface area contributed by atoms with Crippen LogP contribution in [0.2, 0.25) is 0 Å². The number of pyridine rings is 1. The third kappa shape index (κ3) is 4.29. The number of Topliss-reactive ketones (excluding diaryl/α,β-unsaturated/α-hetero) is 1. The monoisotopic (exact) mass is 376 g/mol. The molecule has 2 aromatic carbocycles. The summed E-state index contributed by atoms with van der Waals surface area (Å²) < 4.78 is 5.16. The number of hydrogen-bond donors (Lipinski definition) is 0. The van der Waals surface area contributed by atoms with Crippen LogP contribution in [0.5, 0.6) is 5.75 Å². The second-order valence-electron chi connectivity index (χ2n) is 6.50. The number of ketones is 1. The lowest BCUT2D eigenvalue weighted by molar-refractivity contribution is 0.102. The van der Waals surface area contributed by atoms with Gasteiger partial charge in [-0.3, -0.25) is 4.79 Å². The Labute approximate surface area is 163 Å². The number of rotatable bonds is 6. The molecule has 0 atom stereocenters. The molecule has 3 rings (SSSR count). The fourth-order valence-corrected chi connectivity index (χ4v) is 3.60. The van der Waals surface area contributed by atoms with Gasteiger partial charge in [0.25, 0.3) is 0 Å². The van der Waals surface area contributed by atoms with Crippen LogP contribution >= 0.6 is 11.8 Å². The number of fused-ring (bicyclic) bond motifs is 1. The van der Waals surface area contributed by atoms with E-state index in [4.69, 9.17) is 4.74 Å². The van der Waals surface area contributed by atoms with Gasteiger partial charge in [0.05, 0.1) is 23.9 Å². The van der Waals surface area contributed by atoms with E-state index in [1.165, 1.54) is 17.3 Å². The summed E-state index contributed by atoms with van der Waals surface area (Å²) in [6.07, 6.45) is 0. The van der Waals surface area contributed by atoms with E-state index in [1.807, 2.05) is 12.1 Å². The number of hydrogen-bond acceptors (Lipinski definition) is 5. The molecule has 0 amide bonds. The van der Waals surface area contributed by atoms with Crippen LogP contribution in [-0.2, 0) is 0 Å². The molecule has 0 saturated carbocycles. The van der Waals surface area contributed by atoms with Crippen molar-refractivity contribution in [2.75, 3.05) is 12.9 Å². The quantitative estimate of drug-likeness (QED) is 0.436. The van der Waals surface area contributed by atoms with Crippen molar-refractivity contribution in [3.63, 3.8) is 0 Å². The van der Waals surface area contributed by atoms with Crippen molar-refractivity contribution in [3.8, 4) is 11.8 Å². The van der Waals surface area contributed by atoms with Crippen molar-refractivity contribution in [1.82, 2.24) is 4.98 Å². The number of methoxy groups -OCH3 is 1. The zero-order valence-electron chi connectivity index (χ0n) is 15.5. The van der Waals surface area contributed by atoms with E-state index in [2.05, 4.69) is 37.0 Å². The smallest absolute Gasteiger partial charge is 0.173 e. The number of nitrogens with zero attached hydrogens (tertiary/aromatic N) is 2. The van der Waals surface area contributed by atoms with E-state index in [0.717, 1.165) is 10.9 Å². The Kier molecular flexibility index (Phi) is 5.78. The lowest BCUT2D eigenvalue weighted by Crippen LogP contribution is -2.03. The predicted molar refractivity (Wildman–Crippen MR) is 109 cm³/mol. The fraction of sp³-hybridized carbons (Fsp3) is 0.227. The van der Waals surface area contributed by atoms with Crippen LogP contribution in [0, 0.1) is 11.3 Å². The Bertz CT molecular complexity index is 1040. The van der Waals surface area contributed by atoms with Crippen molar-refractivity contribution >= 4 is 28.4 Å². The van der Waals surface area contributed by atoms with Gasteiger partial charge < -0.3 is 4.74 Å². The first-order valence-corrected chi connectivity index (χ1v) is 9.65. The van der Waals surface area contributed by atoms with Crippen molar-refractivity contribution in [2.45, 2.75) is 24.8 Å². The lowest BCUT2D eigenvalue weighted by atomic mass is 10.0. The van der Waals surface area contributed by atoms with Crippen LogP contribution in [0.4, 0.5) is 0 Å². The summed E-state index contributed by atoms with van der Waals surface area (Å²) in [5.74, 6) is 1.24. The minimum absolute atomic E-state index is 0.0279. The second-order valence-corrected chi connectivity index (χ2v) is 7.47. The van der Waals surface area contributed by atoms with Crippen LogP contribution in [-0.4, -0.2) is 23.6 Å². The summed E-state index contributed by atoms with van der Waals surface area (Å²) in [6, 6.07) is 17.2. The van der Waals surface area contributed by atoms with Gasteiger partial charge in [-0.25, -0.2) is 4.98 Å². The van der Waals surface area contributed by atoms with E-state index in [9.17, 15) is 10.1 Å². The van der Waals surface area contributed by atoms with Crippen molar-refractivity contribution < 1.29 is 9.53 Å². The van der Waals surface area contributed by atoms with Crippen molar-refractivity contribution in [3.05, 3.63) is 65.2 Å². The highest BCUT2D eigenvalue weighted by Crippen LogP contribution is 2.27. The molecule has 1 aromatic heterocycles. The zero-order valence-corrected chi connectivity index (χ0v) is 16.3. The standard InChI is InChI=1S/C22H20N2O2S/c1-14(2)15-7-8-20-17(9-15)10-18(12-23)22(24-20)27-13-21(25)16-5-4-6-19(11-16)26-3/h4-11,14H,13H2,1-3H3. The van der Waals surface area contributed by atoms with Crippen LogP contribution in [0.3, 0.4) is 0 Å². The topological polar surface area (TPSA) is 63.0 Å². The van der Waals surface area contributed by atoms with Crippen LogP contribution in [0.1, 0.15) is 41.3 Å². The molecule has 0 aliphatic heterocycles. The Morgan fingerprint density at radius 2 is 2.04 bits per heavy atom. The molecular formula is C22H20N2O2S. The molecule has 4 nitrogen and oxygen atoms in total. The van der Waals surface area contributed by atoms with Crippen LogP contribution in [0.25, 0.3) is 10.9 Å². The van der Waals surface area contributed by atoms with Gasteiger partial charge in [0.15, 0.2) is 5.78 Å². The third-order valence-electron chi connectivity index (χ3n) is 4.32. The van der Waals surface area contributed by atoms with Gasteiger partial charge in [-0.05, 0) is 41.8 Å². The summed E-state index contributed by atoms with van der Waals surface area (Å²) in [5.41, 5.74) is 3.12. The van der Waals surface area contributed by atoms with E-state index < -0.39 is 0 Å². The summed E-state index contributed by atoms with van der Waals surface area (Å²) in [7, 11) is 1.57. The molecule has 5 heteroatoms. The molecule has 0 aliphatic carbocycles. The predicted octanol–water partition coefficient (Wildman–Crippen LogP) is 5.21. The molecule has 0 fully saturated rings. The average Bonchev–Trinajstić information content (AvgIpc) is 2.70. The summed E-state index contributed by atoms with van der Waals surface area (Å²) in [4.78, 5) is 17.1. The minimum Gasteiger partial charge on any atom is -0.497 e. The average molecular weight is 376 g/mol. The highest BCUT2D eigenvalue weighted by molar-refractivity contribution is 8.00. The summed E-state index contributed by atoms with van der Waals surface area (Å²) in [5, 5.41) is 11.0. The number of carbonyl (C=O) groups is 1. The highest BCUT2D eigenvalue weighted by atomic mass is 32.2. The molecule has 27 heavy (non-hydrogen) atoms. The van der Waals surface area contributed by atoms with Gasteiger partial charge in [-0.1, -0.05) is 43.8 Å². The number of thioether (sulfide) groups is 1. The molecule has 0 saturated heterocycles. The maximum absolute atomic E-state index is 12.5. The Morgan fingerprint density at radius 3 is 2.74 bits per heavy atom. The van der Waals surface area contributed by atoms with Gasteiger partial charge in [0.1, 0.15) is 16.8 Å². The Hall–Kier alpha value is -2.84. The van der Waals surface area contributed by atoms with Crippen LogP contribution in [0.15, 0.2) is 53.6 Å². The first-order valence-electron chi connectivity index (χ1n) is 8.66. The van der Waals surface area contributed by atoms with Gasteiger partial charge >= 0.3 is 0 Å². The van der Waals surface area contributed by atoms with Gasteiger partial charge in [-0.15, -0.1) is 0 Å². The largest absolute Gasteiger partial charge is 0.497 e. The third-order valence-corrected chi connectivity index (χ3v) is 5.31. The van der Waals surface area contributed by atoms with Crippen LogP contribution < -0.4 is 4.74 Å². The number of nitriles is 1. The molecule has 0 aliphatic rings. The van der Waals surface area contributed by atoms with Crippen molar-refractivity contribution in [1.29, 1.82) is 5.26 Å². The molecular weight excluding hydrogens is 356 g/mol. The Balaban J connectivity index is 1.84. The first-order chi connectivity index (χ1) is 13.0. The molecule has 0 radical (unpaired) electrons. The zero-order chi connectivity index (χ0) is 19.4. The van der Waals surface area contributed by atoms with E-state index in [0.29, 0.717) is 27.8 Å². The van der Waals surface area contributed by atoms with Gasteiger partial charge in [0.2, 0.25) is 0 Å². The summed E-state index contributed by atoms with van der Waals surface area (Å²) in [6.45, 7) is 4.27. The minimum atomic E-state index is -0.0279. The first kappa shape index (κ1) is 18.9. The maximum atomic E-state index is 12.5. The molecule has 0 bridgehead atoms. The molecule has 0 unspecified atom stereocenters. The summed E-state index contributed by atoms with van der Waals surface area (Å²) >= 11 is 1.29. The lowest BCUT2D eigenvalue weighted by Gasteiger charge is -2.09. The number of ether oxygens (including phenoxy) is 1. The molecule has 0 N–H and O–H groups in total.